The van der Waals surface area contributed by atoms with E-state index < -0.39 is 32.5 Å². The fraction of sp³-hybridized carbons (Fsp3) is 0.435. The molecule has 0 saturated carbocycles. The number of nitrogens with zero attached hydrogens (tertiary/aromatic N) is 2. The highest BCUT2D eigenvalue weighted by molar-refractivity contribution is 7.92. The molecule has 12 heteroatoms. The number of benzene rings is 2. The van der Waals surface area contributed by atoms with Crippen LogP contribution in [0.3, 0.4) is 0 Å². The lowest BCUT2D eigenvalue weighted by atomic mass is 10.2. The predicted octanol–water partition coefficient (Wildman–Crippen LogP) is 2.78. The lowest BCUT2D eigenvalue weighted by Crippen LogP contribution is -2.41. The monoisotopic (exact) mass is 543 g/mol. The molecule has 0 unspecified atom stereocenters. The number of halogens is 1. The summed E-state index contributed by atoms with van der Waals surface area (Å²) < 4.78 is 57.9. The van der Waals surface area contributed by atoms with Crippen LogP contribution in [0.25, 0.3) is 0 Å². The van der Waals surface area contributed by atoms with Crippen LogP contribution in [-0.2, 0) is 24.8 Å². The molecule has 1 N–H and O–H groups in total. The lowest BCUT2D eigenvalue weighted by Gasteiger charge is -2.25. The molecule has 9 nitrogen and oxygen atoms in total. The minimum Gasteiger partial charge on any atom is -0.492 e. The van der Waals surface area contributed by atoms with Gasteiger partial charge in [-0.2, -0.15) is 4.31 Å². The zero-order valence-electron chi connectivity index (χ0n) is 19.7. The van der Waals surface area contributed by atoms with E-state index in [0.717, 1.165) is 35.4 Å². The second-order valence-electron chi connectivity index (χ2n) is 8.34. The molecule has 1 aliphatic heterocycles. The Morgan fingerprint density at radius 1 is 1.06 bits per heavy atom. The van der Waals surface area contributed by atoms with Gasteiger partial charge in [-0.05, 0) is 61.7 Å². The number of rotatable bonds is 10. The summed E-state index contributed by atoms with van der Waals surface area (Å²) in [5, 5.41) is 3.03. The van der Waals surface area contributed by atoms with Gasteiger partial charge < -0.3 is 10.1 Å². The predicted molar refractivity (Wildman–Crippen MR) is 136 cm³/mol. The lowest BCUT2D eigenvalue weighted by molar-refractivity contribution is -0.119. The molecule has 1 saturated heterocycles. The molecule has 1 fully saturated rings. The quantitative estimate of drug-likeness (QED) is 0.461. The molecule has 1 aliphatic rings. The third kappa shape index (κ3) is 7.33. The number of aryl methyl sites for hydroxylation is 1. The Kier molecular flexibility index (Phi) is 9.03. The first-order valence-corrected chi connectivity index (χ1v) is 14.9. The van der Waals surface area contributed by atoms with Crippen molar-refractivity contribution in [3.8, 4) is 5.75 Å². The van der Waals surface area contributed by atoms with Crippen molar-refractivity contribution in [3.63, 3.8) is 0 Å². The molecule has 0 aromatic heterocycles. The van der Waals surface area contributed by atoms with Gasteiger partial charge in [0, 0.05) is 18.1 Å². The highest BCUT2D eigenvalue weighted by atomic mass is 35.5. The van der Waals surface area contributed by atoms with Crippen molar-refractivity contribution in [3.05, 3.63) is 53.1 Å². The van der Waals surface area contributed by atoms with Gasteiger partial charge in [-0.25, -0.2) is 16.8 Å². The molecular weight excluding hydrogens is 514 g/mol. The van der Waals surface area contributed by atoms with Crippen LogP contribution in [-0.4, -0.2) is 66.1 Å². The number of hydrogen-bond donors (Lipinski definition) is 1. The molecule has 35 heavy (non-hydrogen) atoms. The van der Waals surface area contributed by atoms with Crippen molar-refractivity contribution in [2.75, 3.05) is 43.3 Å². The van der Waals surface area contributed by atoms with Gasteiger partial charge in [0.05, 0.1) is 23.4 Å². The Morgan fingerprint density at radius 2 is 1.71 bits per heavy atom. The van der Waals surface area contributed by atoms with E-state index in [2.05, 4.69) is 5.32 Å². The van der Waals surface area contributed by atoms with Crippen molar-refractivity contribution < 1.29 is 26.4 Å². The summed E-state index contributed by atoms with van der Waals surface area (Å²) in [6.07, 6.45) is 3.80. The van der Waals surface area contributed by atoms with E-state index in [9.17, 15) is 21.6 Å². The van der Waals surface area contributed by atoms with Gasteiger partial charge in [-0.1, -0.05) is 24.1 Å². The second kappa shape index (κ2) is 11.6. The van der Waals surface area contributed by atoms with E-state index in [1.807, 2.05) is 0 Å². The summed E-state index contributed by atoms with van der Waals surface area (Å²) in [5.41, 5.74) is 1.09. The SMILES string of the molecule is Cc1ccc(N(CC(=O)NCCOc2ccc(S(=O)(=O)N3CCCCC3)cc2)S(C)(=O)=O)cc1Cl. The number of piperidine rings is 1. The average molecular weight is 544 g/mol. The van der Waals surface area contributed by atoms with Crippen LogP contribution in [0.5, 0.6) is 5.75 Å². The van der Waals surface area contributed by atoms with Crippen LogP contribution >= 0.6 is 11.6 Å². The molecule has 192 valence electrons. The Labute approximate surface area is 212 Å². The van der Waals surface area contributed by atoms with E-state index in [1.165, 1.54) is 22.5 Å². The van der Waals surface area contributed by atoms with Crippen molar-refractivity contribution in [1.29, 1.82) is 0 Å². The number of amides is 1. The Morgan fingerprint density at radius 3 is 2.31 bits per heavy atom. The Bertz CT molecular complexity index is 1240. The number of carbonyl (C=O) groups is 1. The average Bonchev–Trinajstić information content (AvgIpc) is 2.82. The smallest absolute Gasteiger partial charge is 0.243 e. The first kappa shape index (κ1) is 27.3. The van der Waals surface area contributed by atoms with E-state index in [-0.39, 0.29) is 18.0 Å². The van der Waals surface area contributed by atoms with Gasteiger partial charge in [0.15, 0.2) is 0 Å². The number of ether oxygens (including phenoxy) is 1. The van der Waals surface area contributed by atoms with Crippen LogP contribution in [0.1, 0.15) is 24.8 Å². The standard InChI is InChI=1S/C23H30ClN3O6S2/c1-18-6-7-19(16-22(18)24)27(34(2,29)30)17-23(28)25-12-15-33-20-8-10-21(11-9-20)35(31,32)26-13-4-3-5-14-26/h6-11,16H,3-5,12-15,17H2,1-2H3,(H,25,28). The number of sulfonamides is 2. The fourth-order valence-corrected chi connectivity index (χ4v) is 6.18. The maximum Gasteiger partial charge on any atom is 0.243 e. The van der Waals surface area contributed by atoms with Crippen LogP contribution in [0.2, 0.25) is 5.02 Å². The highest BCUT2D eigenvalue weighted by Crippen LogP contribution is 2.25. The van der Waals surface area contributed by atoms with Gasteiger partial charge in [0.2, 0.25) is 26.0 Å². The molecule has 0 aliphatic carbocycles. The molecule has 3 rings (SSSR count). The molecule has 0 spiro atoms. The molecule has 0 atom stereocenters. The van der Waals surface area contributed by atoms with Crippen LogP contribution in [0.15, 0.2) is 47.4 Å². The fourth-order valence-electron chi connectivity index (χ4n) is 3.64. The number of carbonyl (C=O) groups excluding carboxylic acids is 1. The van der Waals surface area contributed by atoms with Crippen LogP contribution < -0.4 is 14.4 Å². The maximum atomic E-state index is 12.7. The largest absolute Gasteiger partial charge is 0.492 e. The number of anilines is 1. The molecule has 0 radical (unpaired) electrons. The minimum atomic E-state index is -3.71. The molecule has 2 aromatic rings. The van der Waals surface area contributed by atoms with Gasteiger partial charge in [0.25, 0.3) is 0 Å². The number of hydrogen-bond acceptors (Lipinski definition) is 6. The minimum absolute atomic E-state index is 0.124. The van der Waals surface area contributed by atoms with E-state index in [1.54, 1.807) is 31.2 Å². The van der Waals surface area contributed by atoms with E-state index in [4.69, 9.17) is 16.3 Å². The summed E-state index contributed by atoms with van der Waals surface area (Å²) in [5.74, 6) is -0.0393. The molecule has 0 bridgehead atoms. The van der Waals surface area contributed by atoms with E-state index in [0.29, 0.717) is 29.5 Å². The maximum absolute atomic E-state index is 12.7. The summed E-state index contributed by atoms with van der Waals surface area (Å²) in [4.78, 5) is 12.6. The molecular formula is C23H30ClN3O6S2. The zero-order valence-corrected chi connectivity index (χ0v) is 22.1. The van der Waals surface area contributed by atoms with Crippen molar-refractivity contribution in [2.45, 2.75) is 31.1 Å². The van der Waals surface area contributed by atoms with Crippen molar-refractivity contribution >= 4 is 43.2 Å². The zero-order chi connectivity index (χ0) is 25.6. The summed E-state index contributed by atoms with van der Waals surface area (Å²) in [7, 11) is -7.22. The third-order valence-electron chi connectivity index (χ3n) is 5.60. The third-order valence-corrected chi connectivity index (χ3v) is 9.06. The summed E-state index contributed by atoms with van der Waals surface area (Å²) in [6.45, 7) is 2.73. The summed E-state index contributed by atoms with van der Waals surface area (Å²) in [6, 6.07) is 10.9. The number of nitrogens with one attached hydrogen (secondary N) is 1. The van der Waals surface area contributed by atoms with E-state index >= 15 is 0 Å². The highest BCUT2D eigenvalue weighted by Gasteiger charge is 2.26. The molecule has 1 amide bonds. The summed E-state index contributed by atoms with van der Waals surface area (Å²) >= 11 is 6.10. The first-order chi connectivity index (χ1) is 16.5. The van der Waals surface area contributed by atoms with Crippen molar-refractivity contribution in [1.82, 2.24) is 9.62 Å². The van der Waals surface area contributed by atoms with Gasteiger partial charge in [0.1, 0.15) is 18.9 Å². The van der Waals surface area contributed by atoms with Crippen LogP contribution in [0, 0.1) is 6.92 Å². The Hall–Kier alpha value is -2.34. The Balaban J connectivity index is 1.50. The molecule has 1 heterocycles. The van der Waals surface area contributed by atoms with Gasteiger partial charge in [-0.3, -0.25) is 9.10 Å². The molecule has 2 aromatic carbocycles. The van der Waals surface area contributed by atoms with Crippen LogP contribution in [0.4, 0.5) is 5.69 Å². The van der Waals surface area contributed by atoms with Crippen molar-refractivity contribution in [2.24, 2.45) is 0 Å². The van der Waals surface area contributed by atoms with Gasteiger partial charge >= 0.3 is 0 Å². The first-order valence-electron chi connectivity index (χ1n) is 11.2. The van der Waals surface area contributed by atoms with Gasteiger partial charge in [-0.15, -0.1) is 0 Å². The normalized spacial score (nSPS) is 14.9. The second-order valence-corrected chi connectivity index (χ2v) is 12.6. The topological polar surface area (TPSA) is 113 Å².